The molecule has 4 radical (unpaired) electrons. The molecule has 0 aromatic carbocycles. The van der Waals surface area contributed by atoms with Gasteiger partial charge in [-0.25, -0.2) is 4.98 Å². The van der Waals surface area contributed by atoms with Crippen molar-refractivity contribution in [2.24, 2.45) is 0 Å². The van der Waals surface area contributed by atoms with Crippen LogP contribution in [0.2, 0.25) is 0 Å². The zero-order valence-corrected chi connectivity index (χ0v) is 5.65. The molecule has 0 amide bonds. The van der Waals surface area contributed by atoms with Gasteiger partial charge in [-0.05, 0) is 0 Å². The van der Waals surface area contributed by atoms with Gasteiger partial charge in [-0.2, -0.15) is 9.97 Å². The summed E-state index contributed by atoms with van der Waals surface area (Å²) in [5.74, 6) is 0.208. The molecule has 0 aliphatic carbocycles. The SMILES string of the molecule is [CH]c1nc([CH])nc(NCO)n1. The number of aromatic nitrogens is 3. The maximum absolute atomic E-state index is 8.41. The first kappa shape index (κ1) is 7.87. The van der Waals surface area contributed by atoms with Gasteiger partial charge in [-0.15, -0.1) is 0 Å². The van der Waals surface area contributed by atoms with E-state index in [1.54, 1.807) is 0 Å². The zero-order valence-electron chi connectivity index (χ0n) is 5.65. The molecule has 0 atom stereocenters. The first-order valence-corrected chi connectivity index (χ1v) is 2.84. The van der Waals surface area contributed by atoms with E-state index in [4.69, 9.17) is 19.0 Å². The van der Waals surface area contributed by atoms with Gasteiger partial charge >= 0.3 is 0 Å². The number of nitrogens with one attached hydrogen (secondary N) is 1. The second kappa shape index (κ2) is 3.25. The summed E-state index contributed by atoms with van der Waals surface area (Å²) >= 11 is 0. The van der Waals surface area contributed by atoms with Crippen LogP contribution in [0.5, 0.6) is 0 Å². The zero-order chi connectivity index (χ0) is 8.27. The summed E-state index contributed by atoms with van der Waals surface area (Å²) < 4.78 is 0. The van der Waals surface area contributed by atoms with Crippen molar-refractivity contribution in [3.63, 3.8) is 0 Å². The van der Waals surface area contributed by atoms with E-state index in [2.05, 4.69) is 20.3 Å². The van der Waals surface area contributed by atoms with E-state index in [1.165, 1.54) is 0 Å². The van der Waals surface area contributed by atoms with Gasteiger partial charge in [0.2, 0.25) is 5.95 Å². The van der Waals surface area contributed by atoms with Crippen LogP contribution in [0, 0.1) is 13.8 Å². The van der Waals surface area contributed by atoms with Crippen molar-refractivity contribution in [1.29, 1.82) is 0 Å². The van der Waals surface area contributed by atoms with E-state index in [9.17, 15) is 0 Å². The van der Waals surface area contributed by atoms with Gasteiger partial charge in [0.15, 0.2) is 0 Å². The van der Waals surface area contributed by atoms with Crippen molar-refractivity contribution in [2.75, 3.05) is 12.0 Å². The summed E-state index contributed by atoms with van der Waals surface area (Å²) in [5, 5.41) is 10.8. The molecule has 0 unspecified atom stereocenters. The van der Waals surface area contributed by atoms with Crippen molar-refractivity contribution < 1.29 is 5.11 Å². The highest BCUT2D eigenvalue weighted by Crippen LogP contribution is 1.97. The third-order valence-corrected chi connectivity index (χ3v) is 0.907. The fourth-order valence-corrected chi connectivity index (χ4v) is 0.559. The molecule has 0 fully saturated rings. The van der Waals surface area contributed by atoms with Gasteiger partial charge in [0, 0.05) is 13.8 Å². The average Bonchev–Trinajstić information content (AvgIpc) is 1.85. The highest BCUT2D eigenvalue weighted by Gasteiger charge is 1.97. The Bertz CT molecular complexity index is 230. The normalized spacial score (nSPS) is 9.73. The van der Waals surface area contributed by atoms with E-state index < -0.39 is 0 Å². The van der Waals surface area contributed by atoms with E-state index in [0.717, 1.165) is 0 Å². The molecule has 5 heteroatoms. The predicted molar refractivity (Wildman–Crippen MR) is 37.3 cm³/mol. The maximum Gasteiger partial charge on any atom is 0.228 e. The molecule has 0 aliphatic rings. The van der Waals surface area contributed by atoms with E-state index in [0.29, 0.717) is 0 Å². The van der Waals surface area contributed by atoms with Crippen molar-refractivity contribution >= 4 is 5.95 Å². The summed E-state index contributed by atoms with van der Waals surface area (Å²) in [4.78, 5) is 10.8. The van der Waals surface area contributed by atoms with Gasteiger partial charge in [0.05, 0.1) is 0 Å². The van der Waals surface area contributed by atoms with Crippen molar-refractivity contribution in [2.45, 2.75) is 0 Å². The minimum absolute atomic E-state index is 0.0217. The summed E-state index contributed by atoms with van der Waals surface area (Å²) in [6, 6.07) is 0. The van der Waals surface area contributed by atoms with Crippen LogP contribution in [-0.2, 0) is 0 Å². The van der Waals surface area contributed by atoms with Crippen LogP contribution in [0.25, 0.3) is 0 Å². The Morgan fingerprint density at radius 1 is 1.18 bits per heavy atom. The van der Waals surface area contributed by atoms with Gasteiger partial charge < -0.3 is 10.4 Å². The third-order valence-electron chi connectivity index (χ3n) is 0.907. The Labute approximate surface area is 64.5 Å². The lowest BCUT2D eigenvalue weighted by Crippen LogP contribution is -2.07. The molecule has 1 aromatic heterocycles. The summed E-state index contributed by atoms with van der Waals surface area (Å²) in [6.45, 7) is 10.2. The van der Waals surface area contributed by atoms with E-state index in [1.807, 2.05) is 0 Å². The van der Waals surface area contributed by atoms with E-state index >= 15 is 0 Å². The number of hydrogen-bond donors (Lipinski definition) is 2. The molecular weight excluding hydrogens is 144 g/mol. The highest BCUT2D eigenvalue weighted by atomic mass is 16.3. The number of aliphatic hydroxyl groups is 1. The summed E-state index contributed by atoms with van der Waals surface area (Å²) in [5.41, 5.74) is 0. The quantitative estimate of drug-likeness (QED) is 0.548. The Balaban J connectivity index is 2.89. The van der Waals surface area contributed by atoms with E-state index in [-0.39, 0.29) is 24.3 Å². The number of aliphatic hydroxyl groups excluding tert-OH is 1. The molecule has 1 heterocycles. The molecule has 0 spiro atoms. The van der Waals surface area contributed by atoms with Crippen LogP contribution in [0.3, 0.4) is 0 Å². The first-order chi connectivity index (χ1) is 5.22. The van der Waals surface area contributed by atoms with Crippen LogP contribution in [0.4, 0.5) is 5.95 Å². The fraction of sp³-hybridized carbons (Fsp3) is 0.167. The van der Waals surface area contributed by atoms with Crippen LogP contribution in [-0.4, -0.2) is 26.8 Å². The Hall–Kier alpha value is -1.23. The summed E-state index contributed by atoms with van der Waals surface area (Å²) in [7, 11) is 0. The standard InChI is InChI=1S/C6H6N4O/c1-4-8-5(2)10-6(9-4)7-3-11/h1-2,11H,3H2,(H,7,8,9,10). The van der Waals surface area contributed by atoms with Gasteiger partial charge in [-0.3, -0.25) is 0 Å². The van der Waals surface area contributed by atoms with Crippen LogP contribution in [0.15, 0.2) is 0 Å². The summed E-state index contributed by atoms with van der Waals surface area (Å²) in [6.07, 6.45) is 0. The Kier molecular flexibility index (Phi) is 2.32. The number of rotatable bonds is 2. The Morgan fingerprint density at radius 2 is 1.73 bits per heavy atom. The maximum atomic E-state index is 8.41. The van der Waals surface area contributed by atoms with Crippen LogP contribution >= 0.6 is 0 Å². The lowest BCUT2D eigenvalue weighted by molar-refractivity contribution is 0.324. The largest absolute Gasteiger partial charge is 0.376 e. The topological polar surface area (TPSA) is 70.9 Å². The molecule has 5 nitrogen and oxygen atoms in total. The van der Waals surface area contributed by atoms with Crippen molar-refractivity contribution in [3.8, 4) is 0 Å². The van der Waals surface area contributed by atoms with Gasteiger partial charge in [-0.1, -0.05) is 0 Å². The monoisotopic (exact) mass is 150 g/mol. The number of nitrogens with zero attached hydrogens (tertiary/aromatic N) is 3. The third kappa shape index (κ3) is 2.12. The fourth-order valence-electron chi connectivity index (χ4n) is 0.559. The smallest absolute Gasteiger partial charge is 0.228 e. The van der Waals surface area contributed by atoms with Crippen molar-refractivity contribution in [3.05, 3.63) is 25.5 Å². The molecule has 0 saturated heterocycles. The molecule has 56 valence electrons. The minimum Gasteiger partial charge on any atom is -0.376 e. The van der Waals surface area contributed by atoms with Crippen LogP contribution < -0.4 is 5.32 Å². The number of hydrogen-bond acceptors (Lipinski definition) is 5. The molecule has 0 bridgehead atoms. The molecule has 1 aromatic rings. The van der Waals surface area contributed by atoms with Gasteiger partial charge in [0.1, 0.15) is 18.4 Å². The molecule has 11 heavy (non-hydrogen) atoms. The second-order valence-corrected chi connectivity index (χ2v) is 1.71. The molecule has 1 rings (SSSR count). The lowest BCUT2D eigenvalue weighted by atomic mass is 10.6. The molecule has 2 N–H and O–H groups in total. The molecular formula is C6H6N4O. The lowest BCUT2D eigenvalue weighted by Gasteiger charge is -2.00. The van der Waals surface area contributed by atoms with Gasteiger partial charge in [0.25, 0.3) is 0 Å². The van der Waals surface area contributed by atoms with Crippen LogP contribution in [0.1, 0.15) is 11.6 Å². The minimum atomic E-state index is -0.275. The Morgan fingerprint density at radius 3 is 2.18 bits per heavy atom. The average molecular weight is 150 g/mol. The number of anilines is 1. The molecule has 0 aliphatic heterocycles. The highest BCUT2D eigenvalue weighted by molar-refractivity contribution is 5.24. The van der Waals surface area contributed by atoms with Crippen molar-refractivity contribution in [1.82, 2.24) is 15.0 Å². The predicted octanol–water partition coefficient (Wildman–Crippen LogP) is -0.648. The second-order valence-electron chi connectivity index (χ2n) is 1.71. The molecule has 0 saturated carbocycles. The first-order valence-electron chi connectivity index (χ1n) is 2.84.